The van der Waals surface area contributed by atoms with E-state index in [0.29, 0.717) is 18.9 Å². The van der Waals surface area contributed by atoms with Gasteiger partial charge >= 0.3 is 0 Å². The van der Waals surface area contributed by atoms with Crippen LogP contribution in [0.15, 0.2) is 65.8 Å². The van der Waals surface area contributed by atoms with E-state index < -0.39 is 0 Å². The summed E-state index contributed by atoms with van der Waals surface area (Å²) < 4.78 is 7.72. The maximum Gasteiger partial charge on any atom is 0.224 e. The van der Waals surface area contributed by atoms with Crippen LogP contribution in [0.2, 0.25) is 0 Å². The Morgan fingerprint density at radius 3 is 2.63 bits per heavy atom. The minimum Gasteiger partial charge on any atom is -0.464 e. The first-order valence-corrected chi connectivity index (χ1v) is 10.3. The molecule has 0 saturated carbocycles. The molecular formula is C25H27N3O2. The smallest absolute Gasteiger partial charge is 0.224 e. The van der Waals surface area contributed by atoms with Crippen LogP contribution < -0.4 is 5.32 Å². The van der Waals surface area contributed by atoms with Gasteiger partial charge in [0.15, 0.2) is 0 Å². The van der Waals surface area contributed by atoms with Gasteiger partial charge in [0, 0.05) is 36.4 Å². The number of furan rings is 1. The summed E-state index contributed by atoms with van der Waals surface area (Å²) in [6.45, 7) is 7.77. The molecule has 4 aromatic rings. The molecule has 1 N–H and O–H groups in total. The molecular weight excluding hydrogens is 374 g/mol. The van der Waals surface area contributed by atoms with E-state index in [2.05, 4.69) is 67.5 Å². The molecule has 5 heteroatoms. The van der Waals surface area contributed by atoms with Crippen molar-refractivity contribution in [1.29, 1.82) is 0 Å². The molecule has 2 heterocycles. The third-order valence-electron chi connectivity index (χ3n) is 5.45. The van der Waals surface area contributed by atoms with Crippen molar-refractivity contribution < 1.29 is 9.21 Å². The number of carbonyl (C=O) groups is 1. The first-order chi connectivity index (χ1) is 14.5. The molecule has 2 aromatic carbocycles. The first-order valence-electron chi connectivity index (χ1n) is 10.3. The Morgan fingerprint density at radius 1 is 1.17 bits per heavy atom. The third-order valence-corrected chi connectivity index (χ3v) is 5.45. The molecule has 5 nitrogen and oxygen atoms in total. The summed E-state index contributed by atoms with van der Waals surface area (Å²) >= 11 is 0. The average Bonchev–Trinajstić information content (AvgIpc) is 3.36. The summed E-state index contributed by atoms with van der Waals surface area (Å²) in [7, 11) is 0. The van der Waals surface area contributed by atoms with E-state index in [4.69, 9.17) is 4.42 Å². The largest absolute Gasteiger partial charge is 0.464 e. The van der Waals surface area contributed by atoms with E-state index in [9.17, 15) is 4.79 Å². The highest BCUT2D eigenvalue weighted by atomic mass is 16.3. The number of carbonyl (C=O) groups excluding carboxylic acids is 1. The van der Waals surface area contributed by atoms with Crippen molar-refractivity contribution >= 4 is 16.9 Å². The topological polar surface area (TPSA) is 60.1 Å². The van der Waals surface area contributed by atoms with E-state index in [1.54, 1.807) is 18.8 Å². The fraction of sp³-hybridized carbons (Fsp3) is 0.280. The number of fused-ring (bicyclic) bond motifs is 1. The lowest BCUT2D eigenvalue weighted by atomic mass is 9.95. The van der Waals surface area contributed by atoms with E-state index in [-0.39, 0.29) is 5.91 Å². The van der Waals surface area contributed by atoms with Gasteiger partial charge in [-0.3, -0.25) is 4.79 Å². The van der Waals surface area contributed by atoms with E-state index in [1.165, 1.54) is 16.7 Å². The number of imidazole rings is 1. The normalized spacial score (nSPS) is 11.3. The molecule has 0 bridgehead atoms. The zero-order valence-corrected chi connectivity index (χ0v) is 17.7. The number of hydrogen-bond donors (Lipinski definition) is 1. The Balaban J connectivity index is 1.37. The fourth-order valence-corrected chi connectivity index (χ4v) is 3.79. The monoisotopic (exact) mass is 401 g/mol. The lowest BCUT2D eigenvalue weighted by Gasteiger charge is -2.10. The molecule has 0 unspecified atom stereocenters. The predicted molar refractivity (Wildman–Crippen MR) is 118 cm³/mol. The summed E-state index contributed by atoms with van der Waals surface area (Å²) in [5.41, 5.74) is 6.56. The molecule has 2 aromatic heterocycles. The Kier molecular flexibility index (Phi) is 5.70. The summed E-state index contributed by atoms with van der Waals surface area (Å²) in [5, 5.41) is 4.05. The molecule has 4 rings (SSSR count). The highest BCUT2D eigenvalue weighted by Crippen LogP contribution is 2.29. The molecule has 0 aliphatic heterocycles. The zero-order valence-electron chi connectivity index (χ0n) is 17.7. The summed E-state index contributed by atoms with van der Waals surface area (Å²) in [6.07, 6.45) is 7.54. The number of aryl methyl sites for hydroxylation is 1. The van der Waals surface area contributed by atoms with Crippen molar-refractivity contribution in [2.75, 3.05) is 0 Å². The first kappa shape index (κ1) is 20.0. The van der Waals surface area contributed by atoms with Gasteiger partial charge in [-0.15, -0.1) is 0 Å². The van der Waals surface area contributed by atoms with E-state index in [1.807, 2.05) is 10.8 Å². The summed E-state index contributed by atoms with van der Waals surface area (Å²) in [5.74, 6) is 0.426. The lowest BCUT2D eigenvalue weighted by molar-refractivity contribution is -0.120. The van der Waals surface area contributed by atoms with Crippen LogP contribution in [0.3, 0.4) is 0 Å². The van der Waals surface area contributed by atoms with Gasteiger partial charge in [0.1, 0.15) is 5.58 Å². The standard InChI is InChI=1S/C25H27N3O2/c1-17(2)22-12-23-21(15-30-24(23)10-18(22)3)11-25(29)27-13-19-4-6-20(7-5-19)14-28-9-8-26-16-28/h4-10,12,15-17H,11,13-14H2,1-3H3,(H,27,29). The number of aromatic nitrogens is 2. The maximum atomic E-state index is 12.5. The SMILES string of the molecule is Cc1cc2occ(CC(=O)NCc3ccc(Cn4ccnc4)cc3)c2cc1C(C)C. The van der Waals surface area contributed by atoms with Gasteiger partial charge in [-0.05, 0) is 47.2 Å². The average molecular weight is 402 g/mol. The molecule has 0 aliphatic rings. The van der Waals surface area contributed by atoms with Crippen LogP contribution >= 0.6 is 0 Å². The van der Waals surface area contributed by atoms with Gasteiger partial charge in [-0.2, -0.15) is 0 Å². The Hall–Kier alpha value is -3.34. The van der Waals surface area contributed by atoms with E-state index >= 15 is 0 Å². The highest BCUT2D eigenvalue weighted by molar-refractivity contribution is 5.88. The highest BCUT2D eigenvalue weighted by Gasteiger charge is 2.14. The number of rotatable bonds is 7. The van der Waals surface area contributed by atoms with Crippen LogP contribution in [0.1, 0.15) is 47.6 Å². The number of hydrogen-bond acceptors (Lipinski definition) is 3. The van der Waals surface area contributed by atoms with Crippen molar-refractivity contribution in [2.45, 2.75) is 46.2 Å². The van der Waals surface area contributed by atoms with E-state index in [0.717, 1.165) is 28.6 Å². The zero-order chi connectivity index (χ0) is 21.1. The van der Waals surface area contributed by atoms with Crippen LogP contribution in [0.4, 0.5) is 0 Å². The summed E-state index contributed by atoms with van der Waals surface area (Å²) in [4.78, 5) is 16.6. The van der Waals surface area contributed by atoms with Crippen LogP contribution in [0.5, 0.6) is 0 Å². The number of benzene rings is 2. The molecule has 0 aliphatic carbocycles. The molecule has 0 spiro atoms. The van der Waals surface area contributed by atoms with Crippen LogP contribution in [-0.4, -0.2) is 15.5 Å². The number of amides is 1. The Morgan fingerprint density at radius 2 is 1.93 bits per heavy atom. The van der Waals surface area contributed by atoms with Gasteiger partial charge in [0.05, 0.1) is 19.0 Å². The van der Waals surface area contributed by atoms with Crippen molar-refractivity contribution in [2.24, 2.45) is 0 Å². The van der Waals surface area contributed by atoms with Gasteiger partial charge in [-0.1, -0.05) is 38.1 Å². The Bertz CT molecular complexity index is 1140. The molecule has 1 amide bonds. The lowest BCUT2D eigenvalue weighted by Crippen LogP contribution is -2.24. The van der Waals surface area contributed by atoms with Crippen molar-refractivity contribution in [1.82, 2.24) is 14.9 Å². The fourth-order valence-electron chi connectivity index (χ4n) is 3.79. The van der Waals surface area contributed by atoms with Gasteiger partial charge in [-0.25, -0.2) is 4.98 Å². The number of nitrogens with zero attached hydrogens (tertiary/aromatic N) is 2. The van der Waals surface area contributed by atoms with Crippen LogP contribution in [-0.2, 0) is 24.3 Å². The van der Waals surface area contributed by atoms with Crippen molar-refractivity contribution in [3.05, 3.63) is 89.2 Å². The minimum atomic E-state index is -0.00753. The second-order valence-corrected chi connectivity index (χ2v) is 8.13. The predicted octanol–water partition coefficient (Wildman–Crippen LogP) is 4.97. The molecule has 0 saturated heterocycles. The minimum absolute atomic E-state index is 0.00753. The molecule has 0 radical (unpaired) electrons. The van der Waals surface area contributed by atoms with Gasteiger partial charge in [0.2, 0.25) is 5.91 Å². The molecule has 154 valence electrons. The molecule has 0 atom stereocenters. The number of nitrogens with one attached hydrogen (secondary N) is 1. The quantitative estimate of drug-likeness (QED) is 0.476. The van der Waals surface area contributed by atoms with Crippen LogP contribution in [0.25, 0.3) is 11.0 Å². The summed E-state index contributed by atoms with van der Waals surface area (Å²) in [6, 6.07) is 12.5. The van der Waals surface area contributed by atoms with Gasteiger partial charge in [0.25, 0.3) is 0 Å². The maximum absolute atomic E-state index is 12.5. The van der Waals surface area contributed by atoms with Crippen LogP contribution in [0, 0.1) is 6.92 Å². The van der Waals surface area contributed by atoms with Crippen molar-refractivity contribution in [3.8, 4) is 0 Å². The second-order valence-electron chi connectivity index (χ2n) is 8.13. The third kappa shape index (κ3) is 4.46. The molecule has 30 heavy (non-hydrogen) atoms. The van der Waals surface area contributed by atoms with Crippen molar-refractivity contribution in [3.63, 3.8) is 0 Å². The Labute approximate surface area is 176 Å². The van der Waals surface area contributed by atoms with Gasteiger partial charge < -0.3 is 14.3 Å². The second kappa shape index (κ2) is 8.57. The molecule has 0 fully saturated rings.